The van der Waals surface area contributed by atoms with Gasteiger partial charge in [0.2, 0.25) is 0 Å². The second-order valence-corrected chi connectivity index (χ2v) is 5.15. The molecule has 0 saturated heterocycles. The Balaban J connectivity index is 2.43. The summed E-state index contributed by atoms with van der Waals surface area (Å²) >= 11 is 5.97. The van der Waals surface area contributed by atoms with E-state index < -0.39 is 0 Å². The molecule has 0 aromatic heterocycles. The first kappa shape index (κ1) is 10.7. The van der Waals surface area contributed by atoms with Crippen LogP contribution in [0.1, 0.15) is 25.0 Å². The lowest BCUT2D eigenvalue weighted by Crippen LogP contribution is -2.24. The first-order valence-corrected chi connectivity index (χ1v) is 5.62. The van der Waals surface area contributed by atoms with Gasteiger partial charge < -0.3 is 5.73 Å². The molecule has 1 aromatic rings. The van der Waals surface area contributed by atoms with Gasteiger partial charge in [0, 0.05) is 17.0 Å². The Kier molecular flexibility index (Phi) is 2.61. The van der Waals surface area contributed by atoms with Crippen molar-refractivity contribution in [2.24, 2.45) is 11.1 Å². The quantitative estimate of drug-likeness (QED) is 0.815. The third-order valence-corrected chi connectivity index (χ3v) is 3.36. The maximum Gasteiger partial charge on any atom is 0.0409 e. The Morgan fingerprint density at radius 3 is 2.80 bits per heavy atom. The van der Waals surface area contributed by atoms with Crippen molar-refractivity contribution in [2.45, 2.75) is 20.3 Å². The summed E-state index contributed by atoms with van der Waals surface area (Å²) in [6, 6.07) is 6.10. The molecular formula is C13H16ClN. The van der Waals surface area contributed by atoms with Crippen LogP contribution < -0.4 is 5.73 Å². The minimum atomic E-state index is 0.0546. The summed E-state index contributed by atoms with van der Waals surface area (Å²) in [5.41, 5.74) is 9.85. The summed E-state index contributed by atoms with van der Waals surface area (Å²) in [6.07, 6.45) is 3.25. The largest absolute Gasteiger partial charge is 0.330 e. The molecule has 0 amide bonds. The van der Waals surface area contributed by atoms with E-state index in [9.17, 15) is 0 Å². The predicted octanol–water partition coefficient (Wildman–Crippen LogP) is 3.26. The number of nitrogens with two attached hydrogens (primary N) is 1. The lowest BCUT2D eigenvalue weighted by atomic mass is 9.81. The smallest absolute Gasteiger partial charge is 0.0409 e. The summed E-state index contributed by atoms with van der Waals surface area (Å²) in [4.78, 5) is 0. The van der Waals surface area contributed by atoms with Crippen LogP contribution >= 0.6 is 11.6 Å². The fraction of sp³-hybridized carbons (Fsp3) is 0.385. The number of allylic oxidation sites excluding steroid dienone is 1. The fourth-order valence-electron chi connectivity index (χ4n) is 2.07. The fourth-order valence-corrected chi connectivity index (χ4v) is 2.26. The SMILES string of the molecule is CC(C)(CN)C1=CCc2cc(Cl)ccc21. The molecule has 2 N–H and O–H groups in total. The average molecular weight is 222 g/mol. The van der Waals surface area contributed by atoms with Gasteiger partial charge in [-0.2, -0.15) is 0 Å². The van der Waals surface area contributed by atoms with Crippen molar-refractivity contribution in [3.8, 4) is 0 Å². The molecule has 1 aromatic carbocycles. The molecule has 80 valence electrons. The van der Waals surface area contributed by atoms with Gasteiger partial charge in [0.05, 0.1) is 0 Å². The van der Waals surface area contributed by atoms with Crippen LogP contribution in [0.5, 0.6) is 0 Å². The van der Waals surface area contributed by atoms with Crippen LogP contribution in [-0.2, 0) is 6.42 Å². The minimum absolute atomic E-state index is 0.0546. The van der Waals surface area contributed by atoms with Gasteiger partial charge in [0.25, 0.3) is 0 Å². The van der Waals surface area contributed by atoms with Crippen molar-refractivity contribution in [3.05, 3.63) is 40.4 Å². The molecule has 0 bridgehead atoms. The molecule has 0 radical (unpaired) electrons. The van der Waals surface area contributed by atoms with E-state index in [4.69, 9.17) is 17.3 Å². The maximum absolute atomic E-state index is 5.97. The van der Waals surface area contributed by atoms with Gasteiger partial charge in [-0.1, -0.05) is 37.6 Å². The van der Waals surface area contributed by atoms with E-state index >= 15 is 0 Å². The topological polar surface area (TPSA) is 26.0 Å². The molecule has 15 heavy (non-hydrogen) atoms. The Hall–Kier alpha value is -0.790. The van der Waals surface area contributed by atoms with Crippen LogP contribution in [0.4, 0.5) is 0 Å². The van der Waals surface area contributed by atoms with Gasteiger partial charge in [-0.3, -0.25) is 0 Å². The Labute approximate surface area is 95.9 Å². The summed E-state index contributed by atoms with van der Waals surface area (Å²) in [5.74, 6) is 0. The highest BCUT2D eigenvalue weighted by atomic mass is 35.5. The van der Waals surface area contributed by atoms with E-state index in [0.29, 0.717) is 6.54 Å². The molecule has 1 nitrogen and oxygen atoms in total. The van der Waals surface area contributed by atoms with Crippen LogP contribution in [0.25, 0.3) is 5.57 Å². The molecule has 0 aliphatic heterocycles. The van der Waals surface area contributed by atoms with Crippen molar-refractivity contribution < 1.29 is 0 Å². The summed E-state index contributed by atoms with van der Waals surface area (Å²) in [7, 11) is 0. The summed E-state index contributed by atoms with van der Waals surface area (Å²) in [5, 5.41) is 0.814. The lowest BCUT2D eigenvalue weighted by Gasteiger charge is -2.25. The molecular weight excluding hydrogens is 206 g/mol. The molecule has 0 unspecified atom stereocenters. The van der Waals surface area contributed by atoms with Crippen LogP contribution in [0.2, 0.25) is 5.02 Å². The standard InChI is InChI=1S/C13H16ClN/c1-13(2,8-15)12-6-3-9-7-10(14)4-5-11(9)12/h4-7H,3,8,15H2,1-2H3. The molecule has 2 heteroatoms. The zero-order chi connectivity index (χ0) is 11.1. The van der Waals surface area contributed by atoms with Gasteiger partial charge in [-0.15, -0.1) is 0 Å². The van der Waals surface area contributed by atoms with Gasteiger partial charge in [0.1, 0.15) is 0 Å². The monoisotopic (exact) mass is 221 g/mol. The third-order valence-electron chi connectivity index (χ3n) is 3.12. The molecule has 0 saturated carbocycles. The lowest BCUT2D eigenvalue weighted by molar-refractivity contribution is 0.516. The van der Waals surface area contributed by atoms with Crippen LogP contribution in [0.3, 0.4) is 0 Å². The molecule has 2 rings (SSSR count). The Morgan fingerprint density at radius 1 is 1.40 bits per heavy atom. The van der Waals surface area contributed by atoms with E-state index in [1.54, 1.807) is 0 Å². The molecule has 1 aliphatic rings. The first-order valence-electron chi connectivity index (χ1n) is 5.24. The highest BCUT2D eigenvalue weighted by molar-refractivity contribution is 6.30. The minimum Gasteiger partial charge on any atom is -0.330 e. The van der Waals surface area contributed by atoms with E-state index in [1.807, 2.05) is 12.1 Å². The molecule has 0 heterocycles. The van der Waals surface area contributed by atoms with Crippen molar-refractivity contribution in [1.82, 2.24) is 0 Å². The zero-order valence-corrected chi connectivity index (χ0v) is 9.93. The van der Waals surface area contributed by atoms with Crippen molar-refractivity contribution >= 4 is 17.2 Å². The van der Waals surface area contributed by atoms with Crippen LogP contribution in [0.15, 0.2) is 24.3 Å². The number of rotatable bonds is 2. The highest BCUT2D eigenvalue weighted by Crippen LogP contribution is 2.40. The molecule has 0 atom stereocenters. The third kappa shape index (κ3) is 1.82. The number of hydrogen-bond acceptors (Lipinski definition) is 1. The van der Waals surface area contributed by atoms with Crippen LogP contribution in [0, 0.1) is 5.41 Å². The number of benzene rings is 1. The number of fused-ring (bicyclic) bond motifs is 1. The summed E-state index contributed by atoms with van der Waals surface area (Å²) < 4.78 is 0. The Bertz CT molecular complexity index is 419. The second-order valence-electron chi connectivity index (χ2n) is 4.71. The van der Waals surface area contributed by atoms with Gasteiger partial charge in [-0.05, 0) is 35.3 Å². The maximum atomic E-state index is 5.97. The van der Waals surface area contributed by atoms with E-state index in [0.717, 1.165) is 11.4 Å². The van der Waals surface area contributed by atoms with E-state index in [-0.39, 0.29) is 5.41 Å². The molecule has 0 spiro atoms. The first-order chi connectivity index (χ1) is 7.04. The zero-order valence-electron chi connectivity index (χ0n) is 9.18. The average Bonchev–Trinajstić information content (AvgIpc) is 2.61. The normalized spacial score (nSPS) is 15.1. The van der Waals surface area contributed by atoms with E-state index in [1.165, 1.54) is 16.7 Å². The van der Waals surface area contributed by atoms with Crippen LogP contribution in [-0.4, -0.2) is 6.54 Å². The molecule has 1 aliphatic carbocycles. The highest BCUT2D eigenvalue weighted by Gasteiger charge is 2.27. The van der Waals surface area contributed by atoms with E-state index in [2.05, 4.69) is 26.0 Å². The number of hydrogen-bond donors (Lipinski definition) is 1. The van der Waals surface area contributed by atoms with Gasteiger partial charge in [0.15, 0.2) is 0 Å². The molecule has 0 fully saturated rings. The van der Waals surface area contributed by atoms with Crippen molar-refractivity contribution in [2.75, 3.05) is 6.54 Å². The van der Waals surface area contributed by atoms with Gasteiger partial charge in [-0.25, -0.2) is 0 Å². The second kappa shape index (κ2) is 3.66. The van der Waals surface area contributed by atoms with Gasteiger partial charge >= 0.3 is 0 Å². The van der Waals surface area contributed by atoms with Crippen molar-refractivity contribution in [3.63, 3.8) is 0 Å². The predicted molar refractivity (Wildman–Crippen MR) is 66.0 cm³/mol. The summed E-state index contributed by atoms with van der Waals surface area (Å²) in [6.45, 7) is 5.03. The van der Waals surface area contributed by atoms with Crippen molar-refractivity contribution in [1.29, 1.82) is 0 Å². The Morgan fingerprint density at radius 2 is 2.13 bits per heavy atom. The number of halogens is 1.